The summed E-state index contributed by atoms with van der Waals surface area (Å²) in [7, 11) is 1.63. The highest BCUT2D eigenvalue weighted by Crippen LogP contribution is 2.33. The molecule has 1 unspecified atom stereocenters. The van der Waals surface area contributed by atoms with Crippen LogP contribution in [0, 0.1) is 0 Å². The molecule has 2 aromatic rings. The van der Waals surface area contributed by atoms with Gasteiger partial charge in [0.25, 0.3) is 0 Å². The van der Waals surface area contributed by atoms with Crippen LogP contribution in [0.2, 0.25) is 0 Å². The largest absolute Gasteiger partial charge is 0.492 e. The molecule has 0 fully saturated rings. The van der Waals surface area contributed by atoms with Crippen molar-refractivity contribution < 1.29 is 9.15 Å². The molecule has 1 aromatic carbocycles. The Bertz CT molecular complexity index is 604. The molecule has 2 rings (SSSR count). The molecule has 0 radical (unpaired) electrons. The number of rotatable bonds is 5. The number of hydrogen-bond acceptors (Lipinski definition) is 3. The minimum Gasteiger partial charge on any atom is -0.492 e. The van der Waals surface area contributed by atoms with Crippen molar-refractivity contribution in [2.75, 3.05) is 7.11 Å². The van der Waals surface area contributed by atoms with Crippen molar-refractivity contribution in [1.29, 1.82) is 0 Å². The maximum atomic E-state index is 5.84. The van der Waals surface area contributed by atoms with E-state index in [2.05, 4.69) is 24.2 Å². The minimum atomic E-state index is 0.302. The molecule has 0 aliphatic heterocycles. The fourth-order valence-electron chi connectivity index (χ4n) is 1.96. The van der Waals surface area contributed by atoms with Gasteiger partial charge in [-0.3, -0.25) is 0 Å². The van der Waals surface area contributed by atoms with E-state index in [1.807, 2.05) is 24.3 Å². The van der Waals surface area contributed by atoms with E-state index in [-0.39, 0.29) is 0 Å². The standard InChI is InChI=1S/C15H21N3O2/c1-4-10(2)18-15(16)17-9-13-14(19-3)11-7-5-6-8-12(11)20-13/h5-8,10H,4,9H2,1-3H3,(H3,16,17,18). The van der Waals surface area contributed by atoms with E-state index < -0.39 is 0 Å². The molecule has 0 aliphatic rings. The van der Waals surface area contributed by atoms with Gasteiger partial charge in [-0.2, -0.15) is 0 Å². The quantitative estimate of drug-likeness (QED) is 0.650. The molecule has 1 heterocycles. The molecule has 3 N–H and O–H groups in total. The molecule has 0 amide bonds. The average molecular weight is 275 g/mol. The topological polar surface area (TPSA) is 72.8 Å². The number of ether oxygens (including phenoxy) is 1. The number of fused-ring (bicyclic) bond motifs is 1. The number of furan rings is 1. The van der Waals surface area contributed by atoms with Crippen LogP contribution in [0.1, 0.15) is 26.0 Å². The highest BCUT2D eigenvalue weighted by atomic mass is 16.5. The number of nitrogens with one attached hydrogen (secondary N) is 1. The van der Waals surface area contributed by atoms with Gasteiger partial charge in [-0.05, 0) is 25.5 Å². The predicted octanol–water partition coefficient (Wildman–Crippen LogP) is 2.64. The summed E-state index contributed by atoms with van der Waals surface area (Å²) >= 11 is 0. The van der Waals surface area contributed by atoms with Crippen LogP contribution in [0.3, 0.4) is 0 Å². The molecule has 0 aliphatic carbocycles. The molecule has 0 saturated heterocycles. The number of methoxy groups -OCH3 is 1. The van der Waals surface area contributed by atoms with Gasteiger partial charge in [-0.15, -0.1) is 0 Å². The first-order chi connectivity index (χ1) is 9.65. The van der Waals surface area contributed by atoms with Crippen molar-refractivity contribution in [1.82, 2.24) is 5.32 Å². The Morgan fingerprint density at radius 3 is 2.90 bits per heavy atom. The monoisotopic (exact) mass is 275 g/mol. The highest BCUT2D eigenvalue weighted by molar-refractivity contribution is 5.85. The lowest BCUT2D eigenvalue weighted by molar-refractivity contribution is 0.397. The molecule has 5 heteroatoms. The Kier molecular flexibility index (Phi) is 4.50. The molecule has 0 spiro atoms. The lowest BCUT2D eigenvalue weighted by atomic mass is 10.2. The maximum absolute atomic E-state index is 5.84. The zero-order valence-electron chi connectivity index (χ0n) is 12.1. The molecule has 5 nitrogen and oxygen atoms in total. The van der Waals surface area contributed by atoms with Gasteiger partial charge in [0.05, 0.1) is 12.5 Å². The van der Waals surface area contributed by atoms with Crippen LogP contribution in [0.4, 0.5) is 0 Å². The lowest BCUT2D eigenvalue weighted by Gasteiger charge is -2.11. The number of nitrogens with zero attached hydrogens (tertiary/aromatic N) is 1. The third-order valence-electron chi connectivity index (χ3n) is 3.22. The van der Waals surface area contributed by atoms with Crippen molar-refractivity contribution in [3.63, 3.8) is 0 Å². The molecule has 0 saturated carbocycles. The average Bonchev–Trinajstić information content (AvgIpc) is 2.82. The summed E-state index contributed by atoms with van der Waals surface area (Å²) in [5.74, 6) is 1.82. The fourth-order valence-corrected chi connectivity index (χ4v) is 1.96. The molecular weight excluding hydrogens is 254 g/mol. The van der Waals surface area contributed by atoms with E-state index in [1.165, 1.54) is 0 Å². The molecule has 1 atom stereocenters. The Morgan fingerprint density at radius 1 is 1.45 bits per heavy atom. The van der Waals surface area contributed by atoms with Crippen molar-refractivity contribution in [2.45, 2.75) is 32.9 Å². The van der Waals surface area contributed by atoms with Gasteiger partial charge in [-0.1, -0.05) is 19.1 Å². The molecule has 108 valence electrons. The maximum Gasteiger partial charge on any atom is 0.189 e. The number of nitrogens with two attached hydrogens (primary N) is 1. The van der Waals surface area contributed by atoms with Crippen molar-refractivity contribution in [3.05, 3.63) is 30.0 Å². The SMILES string of the molecule is CCC(C)NC(N)=NCc1oc2ccccc2c1OC. The molecule has 0 bridgehead atoms. The zero-order chi connectivity index (χ0) is 14.5. The molecule has 1 aromatic heterocycles. The zero-order valence-corrected chi connectivity index (χ0v) is 12.1. The van der Waals surface area contributed by atoms with Crippen LogP contribution in [0.25, 0.3) is 11.0 Å². The van der Waals surface area contributed by atoms with Crippen molar-refractivity contribution in [2.24, 2.45) is 10.7 Å². The summed E-state index contributed by atoms with van der Waals surface area (Å²) in [5.41, 5.74) is 6.63. The van der Waals surface area contributed by atoms with Gasteiger partial charge >= 0.3 is 0 Å². The van der Waals surface area contributed by atoms with Gasteiger partial charge in [0.1, 0.15) is 12.1 Å². The molecule has 20 heavy (non-hydrogen) atoms. The number of para-hydroxylation sites is 1. The van der Waals surface area contributed by atoms with E-state index in [0.717, 1.165) is 23.1 Å². The first-order valence-corrected chi connectivity index (χ1v) is 6.76. The van der Waals surface area contributed by atoms with Crippen molar-refractivity contribution >= 4 is 16.9 Å². The summed E-state index contributed by atoms with van der Waals surface area (Å²) in [4.78, 5) is 4.30. The smallest absolute Gasteiger partial charge is 0.189 e. The van der Waals surface area contributed by atoms with E-state index in [4.69, 9.17) is 14.9 Å². The first kappa shape index (κ1) is 14.2. The number of benzene rings is 1. The van der Waals surface area contributed by atoms with Gasteiger partial charge in [0.2, 0.25) is 0 Å². The second-order valence-corrected chi connectivity index (χ2v) is 4.71. The van der Waals surface area contributed by atoms with Crippen LogP contribution >= 0.6 is 0 Å². The van der Waals surface area contributed by atoms with Crippen LogP contribution in [-0.2, 0) is 6.54 Å². The van der Waals surface area contributed by atoms with E-state index in [1.54, 1.807) is 7.11 Å². The second-order valence-electron chi connectivity index (χ2n) is 4.71. The van der Waals surface area contributed by atoms with Crippen LogP contribution in [0.15, 0.2) is 33.7 Å². The van der Waals surface area contributed by atoms with Crippen LogP contribution in [0.5, 0.6) is 5.75 Å². The number of guanidine groups is 1. The van der Waals surface area contributed by atoms with Gasteiger partial charge < -0.3 is 20.2 Å². The summed E-state index contributed by atoms with van der Waals surface area (Å²) in [6.45, 7) is 4.50. The summed E-state index contributed by atoms with van der Waals surface area (Å²) in [6.07, 6.45) is 0.990. The third kappa shape index (κ3) is 3.04. The Morgan fingerprint density at radius 2 is 2.20 bits per heavy atom. The summed E-state index contributed by atoms with van der Waals surface area (Å²) < 4.78 is 11.2. The first-order valence-electron chi connectivity index (χ1n) is 6.76. The third-order valence-corrected chi connectivity index (χ3v) is 3.22. The number of hydrogen-bond donors (Lipinski definition) is 2. The predicted molar refractivity (Wildman–Crippen MR) is 81.0 cm³/mol. The van der Waals surface area contributed by atoms with E-state index in [0.29, 0.717) is 24.3 Å². The fraction of sp³-hybridized carbons (Fsp3) is 0.400. The lowest BCUT2D eigenvalue weighted by Crippen LogP contribution is -2.38. The van der Waals surface area contributed by atoms with E-state index >= 15 is 0 Å². The van der Waals surface area contributed by atoms with Gasteiger partial charge in [0, 0.05) is 6.04 Å². The summed E-state index contributed by atoms with van der Waals surface area (Å²) in [5, 5.41) is 4.07. The molecular formula is C15H21N3O2. The highest BCUT2D eigenvalue weighted by Gasteiger charge is 2.13. The van der Waals surface area contributed by atoms with Gasteiger partial charge in [-0.25, -0.2) is 4.99 Å². The normalized spacial score (nSPS) is 13.4. The minimum absolute atomic E-state index is 0.302. The Balaban J connectivity index is 2.19. The van der Waals surface area contributed by atoms with Crippen LogP contribution < -0.4 is 15.8 Å². The van der Waals surface area contributed by atoms with Crippen molar-refractivity contribution in [3.8, 4) is 5.75 Å². The Hall–Kier alpha value is -2.17. The second kappa shape index (κ2) is 6.32. The van der Waals surface area contributed by atoms with Gasteiger partial charge in [0.15, 0.2) is 17.5 Å². The summed E-state index contributed by atoms with van der Waals surface area (Å²) in [6, 6.07) is 8.05. The number of aliphatic imine (C=N–C) groups is 1. The Labute approximate surface area is 118 Å². The van der Waals surface area contributed by atoms with Crippen LogP contribution in [-0.4, -0.2) is 19.1 Å². The van der Waals surface area contributed by atoms with E-state index in [9.17, 15) is 0 Å².